The van der Waals surface area contributed by atoms with Crippen molar-refractivity contribution in [2.45, 2.75) is 24.9 Å². The fourth-order valence-corrected chi connectivity index (χ4v) is 2.33. The number of rotatable bonds is 3. The highest BCUT2D eigenvalue weighted by atomic mass is 16.5. The van der Waals surface area contributed by atoms with E-state index in [0.29, 0.717) is 23.4 Å². The Morgan fingerprint density at radius 1 is 1.55 bits per heavy atom. The quantitative estimate of drug-likeness (QED) is 0.704. The van der Waals surface area contributed by atoms with Crippen molar-refractivity contribution < 1.29 is 14.9 Å². The fourth-order valence-electron chi connectivity index (χ4n) is 2.33. The van der Waals surface area contributed by atoms with Gasteiger partial charge in [0, 0.05) is 6.42 Å². The number of ether oxygens (including phenoxy) is 1. The van der Waals surface area contributed by atoms with Crippen molar-refractivity contribution in [1.29, 1.82) is 0 Å². The van der Waals surface area contributed by atoms with Crippen LogP contribution in [0.3, 0.4) is 0 Å². The summed E-state index contributed by atoms with van der Waals surface area (Å²) in [6.45, 7) is 3.46. The molecule has 2 aromatic rings. The maximum atomic E-state index is 10.0. The van der Waals surface area contributed by atoms with Gasteiger partial charge < -0.3 is 20.7 Å². The van der Waals surface area contributed by atoms with Crippen LogP contribution in [0, 0.1) is 0 Å². The molecule has 0 spiro atoms. The lowest BCUT2D eigenvalue weighted by molar-refractivity contribution is -0.0486. The molecule has 3 atom stereocenters. The van der Waals surface area contributed by atoms with Crippen LogP contribution in [-0.4, -0.2) is 48.5 Å². The lowest BCUT2D eigenvalue weighted by atomic mass is 10.2. The van der Waals surface area contributed by atoms with Crippen molar-refractivity contribution in [2.75, 3.05) is 12.3 Å². The minimum Gasteiger partial charge on any atom is -0.394 e. The van der Waals surface area contributed by atoms with Crippen molar-refractivity contribution in [3.05, 3.63) is 18.7 Å². The van der Waals surface area contributed by atoms with Gasteiger partial charge >= 0.3 is 0 Å². The number of aliphatic hydroxyl groups excluding tert-OH is 2. The second-order valence-corrected chi connectivity index (χ2v) is 4.63. The van der Waals surface area contributed by atoms with Crippen LogP contribution in [0.15, 0.2) is 12.9 Å². The van der Waals surface area contributed by atoms with Crippen molar-refractivity contribution in [1.82, 2.24) is 19.5 Å². The summed E-state index contributed by atoms with van der Waals surface area (Å²) in [4.78, 5) is 12.5. The van der Waals surface area contributed by atoms with Crippen molar-refractivity contribution in [2.24, 2.45) is 0 Å². The Kier molecular flexibility index (Phi) is 3.13. The Labute approximate surface area is 114 Å². The topological polar surface area (TPSA) is 119 Å². The molecule has 8 heteroatoms. The highest BCUT2D eigenvalue weighted by Gasteiger charge is 2.36. The van der Waals surface area contributed by atoms with Gasteiger partial charge in [-0.15, -0.1) is 0 Å². The van der Waals surface area contributed by atoms with E-state index in [1.165, 1.54) is 12.4 Å². The number of anilines is 1. The fraction of sp³-hybridized carbons (Fsp3) is 0.417. The highest BCUT2D eigenvalue weighted by Crippen LogP contribution is 2.31. The first-order chi connectivity index (χ1) is 9.63. The lowest BCUT2D eigenvalue weighted by Gasteiger charge is -2.16. The number of fused-ring (bicyclic) bond motifs is 1. The van der Waals surface area contributed by atoms with Crippen LogP contribution in [0.4, 0.5) is 5.82 Å². The second kappa shape index (κ2) is 4.82. The zero-order valence-electron chi connectivity index (χ0n) is 10.7. The largest absolute Gasteiger partial charge is 0.394 e. The van der Waals surface area contributed by atoms with E-state index < -0.39 is 18.4 Å². The van der Waals surface area contributed by atoms with E-state index in [-0.39, 0.29) is 12.4 Å². The molecule has 3 heterocycles. The molecular formula is C12H15N5O3. The first kappa shape index (κ1) is 13.0. The average molecular weight is 277 g/mol. The summed E-state index contributed by atoms with van der Waals surface area (Å²) in [7, 11) is 0. The molecule has 3 rings (SSSR count). The number of nitrogen functional groups attached to an aromatic ring is 1. The summed E-state index contributed by atoms with van der Waals surface area (Å²) in [6.07, 6.45) is 1.55. The molecule has 3 unspecified atom stereocenters. The van der Waals surface area contributed by atoms with Gasteiger partial charge in [0.1, 0.15) is 11.6 Å². The molecule has 0 aliphatic carbocycles. The molecule has 0 amide bonds. The van der Waals surface area contributed by atoms with Crippen LogP contribution in [0.2, 0.25) is 0 Å². The van der Waals surface area contributed by atoms with Crippen LogP contribution >= 0.6 is 0 Å². The van der Waals surface area contributed by atoms with Crippen LogP contribution in [0.5, 0.6) is 0 Å². The van der Waals surface area contributed by atoms with Crippen LogP contribution in [0.25, 0.3) is 17.2 Å². The molecule has 0 bridgehead atoms. The van der Waals surface area contributed by atoms with Gasteiger partial charge in [-0.05, 0) is 6.08 Å². The second-order valence-electron chi connectivity index (χ2n) is 4.63. The van der Waals surface area contributed by atoms with Gasteiger partial charge in [-0.3, -0.25) is 4.57 Å². The Morgan fingerprint density at radius 3 is 3.00 bits per heavy atom. The number of aliphatic hydroxyl groups is 2. The van der Waals surface area contributed by atoms with E-state index in [4.69, 9.17) is 15.6 Å². The first-order valence-corrected chi connectivity index (χ1v) is 6.21. The molecule has 0 aromatic carbocycles. The third kappa shape index (κ3) is 1.94. The van der Waals surface area contributed by atoms with Gasteiger partial charge in [-0.1, -0.05) is 6.58 Å². The molecule has 4 N–H and O–H groups in total. The van der Waals surface area contributed by atoms with Gasteiger partial charge in [-0.2, -0.15) is 0 Å². The molecule has 1 saturated heterocycles. The predicted octanol–water partition coefficient (Wildman–Crippen LogP) is -0.308. The van der Waals surface area contributed by atoms with Crippen LogP contribution in [-0.2, 0) is 4.74 Å². The van der Waals surface area contributed by atoms with Gasteiger partial charge in [0.2, 0.25) is 0 Å². The Bertz CT molecular complexity index is 656. The molecular weight excluding hydrogens is 262 g/mol. The van der Waals surface area contributed by atoms with Gasteiger partial charge in [0.15, 0.2) is 23.5 Å². The van der Waals surface area contributed by atoms with Gasteiger partial charge in [-0.25, -0.2) is 15.0 Å². The zero-order chi connectivity index (χ0) is 14.3. The summed E-state index contributed by atoms with van der Waals surface area (Å²) in [5.74, 6) is 0.623. The van der Waals surface area contributed by atoms with E-state index in [2.05, 4.69) is 21.5 Å². The Hall–Kier alpha value is -2.03. The number of nitrogens with zero attached hydrogens (tertiary/aromatic N) is 4. The zero-order valence-corrected chi connectivity index (χ0v) is 10.7. The summed E-state index contributed by atoms with van der Waals surface area (Å²) in [5.41, 5.74) is 6.73. The predicted molar refractivity (Wildman–Crippen MR) is 71.4 cm³/mol. The summed E-state index contributed by atoms with van der Waals surface area (Å²) in [5, 5.41) is 19.2. The van der Waals surface area contributed by atoms with E-state index in [0.717, 1.165) is 0 Å². The molecule has 106 valence electrons. The normalized spacial score (nSPS) is 26.2. The number of nitrogens with two attached hydrogens (primary N) is 1. The Balaban J connectivity index is 2.08. The molecule has 0 saturated carbocycles. The molecule has 1 fully saturated rings. The van der Waals surface area contributed by atoms with E-state index in [1.54, 1.807) is 4.57 Å². The maximum Gasteiger partial charge on any atom is 0.168 e. The third-order valence-electron chi connectivity index (χ3n) is 3.29. The SMILES string of the molecule is C=Cc1nc(N)c2ncn(C3OC(CO)CC3O)c2n1. The average Bonchev–Trinajstić information content (AvgIpc) is 3.01. The maximum absolute atomic E-state index is 10.0. The van der Waals surface area contributed by atoms with Gasteiger partial charge in [0.05, 0.1) is 19.0 Å². The van der Waals surface area contributed by atoms with Crippen LogP contribution < -0.4 is 5.73 Å². The summed E-state index contributed by atoms with van der Waals surface area (Å²) in [6, 6.07) is 0. The molecule has 2 aromatic heterocycles. The summed E-state index contributed by atoms with van der Waals surface area (Å²) >= 11 is 0. The summed E-state index contributed by atoms with van der Waals surface area (Å²) < 4.78 is 7.18. The number of hydrogen-bond acceptors (Lipinski definition) is 7. The molecule has 8 nitrogen and oxygen atoms in total. The van der Waals surface area contributed by atoms with E-state index >= 15 is 0 Å². The smallest absolute Gasteiger partial charge is 0.168 e. The van der Waals surface area contributed by atoms with Crippen molar-refractivity contribution >= 4 is 23.1 Å². The van der Waals surface area contributed by atoms with E-state index in [1.807, 2.05) is 0 Å². The van der Waals surface area contributed by atoms with Gasteiger partial charge in [0.25, 0.3) is 0 Å². The number of aromatic nitrogens is 4. The molecule has 1 aliphatic rings. The first-order valence-electron chi connectivity index (χ1n) is 6.21. The minimum atomic E-state index is -0.743. The van der Waals surface area contributed by atoms with Crippen molar-refractivity contribution in [3.63, 3.8) is 0 Å². The third-order valence-corrected chi connectivity index (χ3v) is 3.29. The Morgan fingerprint density at radius 2 is 2.35 bits per heavy atom. The molecule has 0 radical (unpaired) electrons. The lowest BCUT2D eigenvalue weighted by Crippen LogP contribution is -2.19. The minimum absolute atomic E-state index is 0.144. The standard InChI is InChI=1S/C12H15N5O3/c1-2-8-15-10(13)9-11(16-8)17(5-14-9)12-7(19)3-6(4-18)20-12/h2,5-7,12,18-19H,1,3-4H2,(H2,13,15,16). The monoisotopic (exact) mass is 277 g/mol. The van der Waals surface area contributed by atoms with Crippen LogP contribution in [0.1, 0.15) is 18.5 Å². The molecule has 20 heavy (non-hydrogen) atoms. The number of hydrogen-bond donors (Lipinski definition) is 3. The highest BCUT2D eigenvalue weighted by molar-refractivity contribution is 5.82. The molecule has 1 aliphatic heterocycles. The van der Waals surface area contributed by atoms with Crippen molar-refractivity contribution in [3.8, 4) is 0 Å². The number of imidazole rings is 1. The van der Waals surface area contributed by atoms with E-state index in [9.17, 15) is 5.11 Å².